The van der Waals surface area contributed by atoms with Gasteiger partial charge in [-0.3, -0.25) is 0 Å². The molecule has 27 heavy (non-hydrogen) atoms. The summed E-state index contributed by atoms with van der Waals surface area (Å²) in [6, 6.07) is 0. The van der Waals surface area contributed by atoms with Crippen LogP contribution in [0.25, 0.3) is 0 Å². The Kier molecular flexibility index (Phi) is 22.1. The van der Waals surface area contributed by atoms with Crippen LogP contribution in [0.15, 0.2) is 0 Å². The Bertz CT molecular complexity index is 242. The summed E-state index contributed by atoms with van der Waals surface area (Å²) in [5, 5.41) is 0. The Labute approximate surface area is 178 Å². The van der Waals surface area contributed by atoms with E-state index in [2.05, 4.69) is 27.7 Å². The Hall–Kier alpha value is 0.799. The first-order valence-corrected chi connectivity index (χ1v) is 21.3. The van der Waals surface area contributed by atoms with Gasteiger partial charge in [-0.2, -0.15) is 0 Å². The summed E-state index contributed by atoms with van der Waals surface area (Å²) in [5.41, 5.74) is 0. The van der Waals surface area contributed by atoms with Crippen LogP contribution in [0.1, 0.15) is 143 Å². The van der Waals surface area contributed by atoms with Crippen LogP contribution in [0.3, 0.4) is 0 Å². The van der Waals surface area contributed by atoms with Crippen LogP contribution in [0.4, 0.5) is 0 Å². The topological polar surface area (TPSA) is 0 Å². The van der Waals surface area contributed by atoms with Gasteiger partial charge < -0.3 is 0 Å². The molecule has 0 amide bonds. The van der Waals surface area contributed by atoms with Crippen LogP contribution in [0.5, 0.6) is 0 Å². The molecule has 0 aliphatic heterocycles. The van der Waals surface area contributed by atoms with Gasteiger partial charge in [-0.15, -0.1) is 0 Å². The zero-order valence-corrected chi connectivity index (χ0v) is 22.9. The molecule has 0 radical (unpaired) electrons. The molecule has 0 rings (SSSR count). The van der Waals surface area contributed by atoms with Crippen molar-refractivity contribution in [2.75, 3.05) is 0 Å². The van der Waals surface area contributed by atoms with E-state index in [9.17, 15) is 0 Å². The zero-order chi connectivity index (χ0) is 20.1. The Morgan fingerprint density at radius 3 is 0.815 bits per heavy atom. The van der Waals surface area contributed by atoms with E-state index in [-0.39, 0.29) is 0 Å². The first-order valence-electron chi connectivity index (χ1n) is 13.2. The molecule has 0 spiro atoms. The van der Waals surface area contributed by atoms with Gasteiger partial charge in [-0.05, 0) is 0 Å². The molecule has 0 atom stereocenters. The average molecular weight is 487 g/mol. The van der Waals surface area contributed by atoms with Crippen molar-refractivity contribution in [2.24, 2.45) is 0 Å². The predicted molar refractivity (Wildman–Crippen MR) is 131 cm³/mol. The standard InChI is InChI=1S/C8H17.3C6H13.Sn/c1-3-5-7-8-6-4-2;3*1-3-5-6-4-2;/h1,3-8H2,2H3;3*1,3-6H2,2H3;. The molecular weight excluding hydrogens is 431 g/mol. The van der Waals surface area contributed by atoms with E-state index in [1.165, 1.54) is 89.9 Å². The van der Waals surface area contributed by atoms with E-state index in [4.69, 9.17) is 0 Å². The molecule has 0 bridgehead atoms. The fourth-order valence-corrected chi connectivity index (χ4v) is 20.5. The molecule has 0 aliphatic carbocycles. The van der Waals surface area contributed by atoms with E-state index in [1.807, 2.05) is 0 Å². The first-order chi connectivity index (χ1) is 13.2. The van der Waals surface area contributed by atoms with Crippen LogP contribution in [-0.4, -0.2) is 18.4 Å². The molecule has 0 N–H and O–H groups in total. The second-order valence-electron chi connectivity index (χ2n) is 9.45. The van der Waals surface area contributed by atoms with Gasteiger partial charge in [0.05, 0.1) is 0 Å². The summed E-state index contributed by atoms with van der Waals surface area (Å²) in [6.45, 7) is 9.43. The SMILES string of the molecule is CCCCCCC[CH2][Sn]([CH2]CCCCC)([CH2]CCCCC)[CH2]CCCCC. The third-order valence-corrected chi connectivity index (χ3v) is 22.9. The quantitative estimate of drug-likeness (QED) is 0.105. The van der Waals surface area contributed by atoms with E-state index < -0.39 is 18.4 Å². The minimum atomic E-state index is -1.89. The van der Waals surface area contributed by atoms with Gasteiger partial charge in [0, 0.05) is 0 Å². The van der Waals surface area contributed by atoms with Crippen LogP contribution in [-0.2, 0) is 0 Å². The molecule has 0 fully saturated rings. The summed E-state index contributed by atoms with van der Waals surface area (Å²) < 4.78 is 6.96. The van der Waals surface area contributed by atoms with Gasteiger partial charge in [0.1, 0.15) is 0 Å². The second-order valence-corrected chi connectivity index (χ2v) is 23.7. The third-order valence-electron chi connectivity index (χ3n) is 6.74. The average Bonchev–Trinajstić information content (AvgIpc) is 2.68. The maximum atomic E-state index is 2.36. The van der Waals surface area contributed by atoms with Crippen molar-refractivity contribution in [3.05, 3.63) is 0 Å². The zero-order valence-electron chi connectivity index (χ0n) is 20.1. The second kappa shape index (κ2) is 21.5. The molecular formula is C26H56Sn. The van der Waals surface area contributed by atoms with Crippen LogP contribution in [0, 0.1) is 0 Å². The van der Waals surface area contributed by atoms with Crippen molar-refractivity contribution < 1.29 is 0 Å². The summed E-state index contributed by atoms with van der Waals surface area (Å²) in [7, 11) is 0. The number of hydrogen-bond acceptors (Lipinski definition) is 0. The molecule has 0 saturated carbocycles. The molecule has 0 heterocycles. The summed E-state index contributed by atoms with van der Waals surface area (Å²) >= 11 is -1.89. The van der Waals surface area contributed by atoms with E-state index in [0.717, 1.165) is 0 Å². The molecule has 0 saturated heterocycles. The van der Waals surface area contributed by atoms with Crippen molar-refractivity contribution >= 4 is 18.4 Å². The van der Waals surface area contributed by atoms with Crippen molar-refractivity contribution in [3.63, 3.8) is 0 Å². The first kappa shape index (κ1) is 27.8. The van der Waals surface area contributed by atoms with Crippen LogP contribution < -0.4 is 0 Å². The Balaban J connectivity index is 4.61. The van der Waals surface area contributed by atoms with Crippen LogP contribution >= 0.6 is 0 Å². The van der Waals surface area contributed by atoms with Crippen LogP contribution in [0.2, 0.25) is 17.7 Å². The van der Waals surface area contributed by atoms with Gasteiger partial charge in [0.25, 0.3) is 0 Å². The van der Waals surface area contributed by atoms with Gasteiger partial charge in [-0.1, -0.05) is 0 Å². The van der Waals surface area contributed by atoms with E-state index in [0.29, 0.717) is 0 Å². The fraction of sp³-hybridized carbons (Fsp3) is 1.00. The monoisotopic (exact) mass is 488 g/mol. The van der Waals surface area contributed by atoms with Crippen molar-refractivity contribution in [1.29, 1.82) is 0 Å². The molecule has 0 aliphatic rings. The normalized spacial score (nSPS) is 12.0. The molecule has 0 aromatic carbocycles. The summed E-state index contributed by atoms with van der Waals surface area (Å²) in [4.78, 5) is 0. The van der Waals surface area contributed by atoms with Crippen molar-refractivity contribution in [1.82, 2.24) is 0 Å². The van der Waals surface area contributed by atoms with Gasteiger partial charge in [0.2, 0.25) is 0 Å². The summed E-state index contributed by atoms with van der Waals surface area (Å²) in [6.07, 6.45) is 26.9. The van der Waals surface area contributed by atoms with Crippen molar-refractivity contribution in [3.8, 4) is 0 Å². The fourth-order valence-electron chi connectivity index (χ4n) is 4.81. The van der Waals surface area contributed by atoms with Crippen molar-refractivity contribution in [2.45, 2.75) is 161 Å². The predicted octanol–water partition coefficient (Wildman–Crippen LogP) is 10.5. The molecule has 0 unspecified atom stereocenters. The number of hydrogen-bond donors (Lipinski definition) is 0. The minimum absolute atomic E-state index is 1.38. The summed E-state index contributed by atoms with van der Waals surface area (Å²) in [5.74, 6) is 0. The number of unbranched alkanes of at least 4 members (excludes halogenated alkanes) is 14. The molecule has 0 aromatic heterocycles. The van der Waals surface area contributed by atoms with Gasteiger partial charge >= 0.3 is 179 Å². The Morgan fingerprint density at radius 1 is 0.296 bits per heavy atom. The molecule has 164 valence electrons. The number of rotatable bonds is 22. The maximum absolute atomic E-state index is 2.36. The molecule has 0 nitrogen and oxygen atoms in total. The van der Waals surface area contributed by atoms with E-state index >= 15 is 0 Å². The van der Waals surface area contributed by atoms with Gasteiger partial charge in [0.15, 0.2) is 0 Å². The van der Waals surface area contributed by atoms with E-state index in [1.54, 1.807) is 43.4 Å². The van der Waals surface area contributed by atoms with Gasteiger partial charge in [-0.25, -0.2) is 0 Å². The molecule has 1 heteroatoms. The third kappa shape index (κ3) is 17.4. The molecule has 0 aromatic rings. The Morgan fingerprint density at radius 2 is 0.519 bits per heavy atom.